The Balaban J connectivity index is 4.57. The first-order valence-corrected chi connectivity index (χ1v) is 5.92. The van der Waals surface area contributed by atoms with E-state index in [9.17, 15) is 4.79 Å². The molecule has 0 aliphatic heterocycles. The maximum atomic E-state index is 12.0. The second-order valence-electron chi connectivity index (χ2n) is 5.69. The Bertz CT molecular complexity index is 201. The van der Waals surface area contributed by atoms with E-state index in [2.05, 4.69) is 27.7 Å². The Morgan fingerprint density at radius 3 is 1.93 bits per heavy atom. The number of carbonyl (C=O) groups excluding carboxylic acids is 1. The molecule has 0 radical (unpaired) electrons. The lowest BCUT2D eigenvalue weighted by Gasteiger charge is -2.29. The molecule has 0 aromatic rings. The molecule has 2 atom stereocenters. The van der Waals surface area contributed by atoms with Crippen LogP contribution in [0.5, 0.6) is 0 Å². The van der Waals surface area contributed by atoms with Crippen LogP contribution in [0.3, 0.4) is 0 Å². The number of rotatable bonds is 4. The molecule has 0 aliphatic rings. The molecule has 0 bridgehead atoms. The highest BCUT2D eigenvalue weighted by Gasteiger charge is 2.31. The van der Waals surface area contributed by atoms with Gasteiger partial charge in [0, 0.05) is 0 Å². The van der Waals surface area contributed by atoms with E-state index in [4.69, 9.17) is 4.74 Å². The topological polar surface area (TPSA) is 26.3 Å². The van der Waals surface area contributed by atoms with Gasteiger partial charge in [-0.25, -0.2) is 0 Å². The van der Waals surface area contributed by atoms with E-state index in [0.29, 0.717) is 11.8 Å². The van der Waals surface area contributed by atoms with Gasteiger partial charge in [0.1, 0.15) is 5.60 Å². The van der Waals surface area contributed by atoms with E-state index in [1.54, 1.807) is 0 Å². The number of esters is 1. The summed E-state index contributed by atoms with van der Waals surface area (Å²) in [7, 11) is 0. The molecule has 0 unspecified atom stereocenters. The Labute approximate surface area is 94.4 Å². The third-order valence-electron chi connectivity index (χ3n) is 2.65. The molecule has 90 valence electrons. The van der Waals surface area contributed by atoms with Crippen LogP contribution in [0.4, 0.5) is 0 Å². The zero-order valence-electron chi connectivity index (χ0n) is 11.3. The first-order valence-electron chi connectivity index (χ1n) is 5.92. The molecule has 0 aromatic carbocycles. The highest BCUT2D eigenvalue weighted by Crippen LogP contribution is 2.26. The summed E-state index contributed by atoms with van der Waals surface area (Å²) in [6.45, 7) is 14.1. The first kappa shape index (κ1) is 14.5. The van der Waals surface area contributed by atoms with Crippen molar-refractivity contribution in [2.75, 3.05) is 0 Å². The SMILES string of the molecule is CC[C@H](C)[C@@H](C(=O)OC(C)(C)C)C(C)C. The van der Waals surface area contributed by atoms with Crippen molar-refractivity contribution in [3.8, 4) is 0 Å². The summed E-state index contributed by atoms with van der Waals surface area (Å²) in [6.07, 6.45) is 1.02. The van der Waals surface area contributed by atoms with Gasteiger partial charge in [0.2, 0.25) is 0 Å². The monoisotopic (exact) mass is 214 g/mol. The van der Waals surface area contributed by atoms with E-state index >= 15 is 0 Å². The number of hydrogen-bond acceptors (Lipinski definition) is 2. The number of carbonyl (C=O) groups is 1. The molecule has 0 saturated heterocycles. The largest absolute Gasteiger partial charge is 0.460 e. The third kappa shape index (κ3) is 5.19. The van der Waals surface area contributed by atoms with Crippen molar-refractivity contribution in [3.63, 3.8) is 0 Å². The van der Waals surface area contributed by atoms with E-state index in [1.165, 1.54) is 0 Å². The van der Waals surface area contributed by atoms with Crippen molar-refractivity contribution in [3.05, 3.63) is 0 Å². The highest BCUT2D eigenvalue weighted by atomic mass is 16.6. The van der Waals surface area contributed by atoms with E-state index < -0.39 is 0 Å². The minimum absolute atomic E-state index is 0.0224. The lowest BCUT2D eigenvalue weighted by molar-refractivity contribution is -0.163. The summed E-state index contributed by atoms with van der Waals surface area (Å²) in [6, 6.07) is 0. The summed E-state index contributed by atoms with van der Waals surface area (Å²) < 4.78 is 5.45. The van der Waals surface area contributed by atoms with Crippen molar-refractivity contribution in [2.45, 2.75) is 60.5 Å². The lowest BCUT2D eigenvalue weighted by atomic mass is 9.83. The average Bonchev–Trinajstić information content (AvgIpc) is 1.99. The van der Waals surface area contributed by atoms with Gasteiger partial charge in [0.15, 0.2) is 0 Å². The highest BCUT2D eigenvalue weighted by molar-refractivity contribution is 5.73. The van der Waals surface area contributed by atoms with Gasteiger partial charge in [-0.1, -0.05) is 34.1 Å². The van der Waals surface area contributed by atoms with Crippen LogP contribution in [0.1, 0.15) is 54.9 Å². The van der Waals surface area contributed by atoms with Crippen LogP contribution in [0.15, 0.2) is 0 Å². The van der Waals surface area contributed by atoms with Crippen LogP contribution in [-0.2, 0) is 9.53 Å². The van der Waals surface area contributed by atoms with Gasteiger partial charge < -0.3 is 4.74 Å². The lowest BCUT2D eigenvalue weighted by Crippen LogP contribution is -2.34. The fourth-order valence-corrected chi connectivity index (χ4v) is 1.79. The van der Waals surface area contributed by atoms with Crippen molar-refractivity contribution in [2.24, 2.45) is 17.8 Å². The van der Waals surface area contributed by atoms with Crippen LogP contribution in [-0.4, -0.2) is 11.6 Å². The second-order valence-corrected chi connectivity index (χ2v) is 5.69. The number of hydrogen-bond donors (Lipinski definition) is 0. The summed E-state index contributed by atoms with van der Waals surface area (Å²) >= 11 is 0. The fourth-order valence-electron chi connectivity index (χ4n) is 1.79. The molecular formula is C13H26O2. The van der Waals surface area contributed by atoms with E-state index in [1.807, 2.05) is 20.8 Å². The molecule has 0 fully saturated rings. The second kappa shape index (κ2) is 5.53. The normalized spacial score (nSPS) is 16.3. The Morgan fingerprint density at radius 1 is 1.20 bits per heavy atom. The van der Waals surface area contributed by atoms with Crippen LogP contribution in [0.25, 0.3) is 0 Å². The molecule has 0 heterocycles. The standard InChI is InChI=1S/C13H26O2/c1-8-10(4)11(9(2)3)12(14)15-13(5,6)7/h9-11H,8H2,1-7H3/t10-,11-/m0/s1. The maximum Gasteiger partial charge on any atom is 0.309 e. The third-order valence-corrected chi connectivity index (χ3v) is 2.65. The quantitative estimate of drug-likeness (QED) is 0.668. The molecule has 2 heteroatoms. The van der Waals surface area contributed by atoms with Crippen LogP contribution in [0, 0.1) is 17.8 Å². The molecule has 0 spiro atoms. The van der Waals surface area contributed by atoms with Crippen LogP contribution < -0.4 is 0 Å². The molecule has 0 aliphatic carbocycles. The van der Waals surface area contributed by atoms with Gasteiger partial charge in [-0.15, -0.1) is 0 Å². The van der Waals surface area contributed by atoms with Crippen molar-refractivity contribution in [1.82, 2.24) is 0 Å². The zero-order chi connectivity index (χ0) is 12.2. The fraction of sp³-hybridized carbons (Fsp3) is 0.923. The minimum atomic E-state index is -0.377. The maximum absolute atomic E-state index is 12.0. The summed E-state index contributed by atoms with van der Waals surface area (Å²) in [5.74, 6) is 0.704. The Kier molecular flexibility index (Phi) is 5.33. The van der Waals surface area contributed by atoms with Gasteiger partial charge in [0.25, 0.3) is 0 Å². The Hall–Kier alpha value is -0.530. The molecule has 2 nitrogen and oxygen atoms in total. The summed E-state index contributed by atoms with van der Waals surface area (Å²) in [5, 5.41) is 0. The van der Waals surface area contributed by atoms with Gasteiger partial charge in [-0.05, 0) is 32.6 Å². The first-order chi connectivity index (χ1) is 6.69. The van der Waals surface area contributed by atoms with Crippen LogP contribution >= 0.6 is 0 Å². The molecule has 15 heavy (non-hydrogen) atoms. The molecular weight excluding hydrogens is 188 g/mol. The van der Waals surface area contributed by atoms with Gasteiger partial charge in [-0.2, -0.15) is 0 Å². The molecule has 0 N–H and O–H groups in total. The molecule has 0 aromatic heterocycles. The van der Waals surface area contributed by atoms with Crippen molar-refractivity contribution >= 4 is 5.97 Å². The average molecular weight is 214 g/mol. The summed E-state index contributed by atoms with van der Waals surface area (Å²) in [4.78, 5) is 12.0. The zero-order valence-corrected chi connectivity index (χ0v) is 11.3. The smallest absolute Gasteiger partial charge is 0.309 e. The number of ether oxygens (including phenoxy) is 1. The Morgan fingerprint density at radius 2 is 1.67 bits per heavy atom. The summed E-state index contributed by atoms with van der Waals surface area (Å²) in [5.41, 5.74) is -0.377. The molecule has 0 amide bonds. The predicted molar refractivity (Wildman–Crippen MR) is 63.6 cm³/mol. The van der Waals surface area contributed by atoms with E-state index in [0.717, 1.165) is 6.42 Å². The predicted octanol–water partition coefficient (Wildman–Crippen LogP) is 3.65. The minimum Gasteiger partial charge on any atom is -0.460 e. The van der Waals surface area contributed by atoms with Gasteiger partial charge >= 0.3 is 5.97 Å². The van der Waals surface area contributed by atoms with Crippen LogP contribution in [0.2, 0.25) is 0 Å². The van der Waals surface area contributed by atoms with Crippen molar-refractivity contribution in [1.29, 1.82) is 0 Å². The molecule has 0 rings (SSSR count). The van der Waals surface area contributed by atoms with Gasteiger partial charge in [-0.3, -0.25) is 4.79 Å². The molecule has 0 saturated carbocycles. The van der Waals surface area contributed by atoms with E-state index in [-0.39, 0.29) is 17.5 Å². The van der Waals surface area contributed by atoms with Crippen molar-refractivity contribution < 1.29 is 9.53 Å². The van der Waals surface area contributed by atoms with Gasteiger partial charge in [0.05, 0.1) is 5.92 Å².